The van der Waals surface area contributed by atoms with Gasteiger partial charge in [0.25, 0.3) is 0 Å². The van der Waals surface area contributed by atoms with Crippen molar-refractivity contribution in [2.24, 2.45) is 0 Å². The third-order valence-corrected chi connectivity index (χ3v) is 4.88. The average molecular weight is 405 g/mol. The molecule has 0 aliphatic rings. The maximum atomic E-state index is 11.0. The van der Waals surface area contributed by atoms with Gasteiger partial charge in [-0.05, 0) is 29.8 Å². The molecule has 8 heteroatoms. The van der Waals surface area contributed by atoms with Crippen molar-refractivity contribution in [2.45, 2.75) is 6.54 Å². The summed E-state index contributed by atoms with van der Waals surface area (Å²) in [6.45, 7) is 0.320. The minimum absolute atomic E-state index is 0.155. The lowest BCUT2D eigenvalue weighted by Gasteiger charge is -2.11. The molecule has 2 aromatic carbocycles. The number of hydrogen-bond donors (Lipinski definition) is 1. The molecule has 4 nitrogen and oxygen atoms in total. The molecule has 3 rings (SSSR count). The lowest BCUT2D eigenvalue weighted by molar-refractivity contribution is 0.141. The van der Waals surface area contributed by atoms with Gasteiger partial charge in [-0.1, -0.05) is 52.5 Å². The van der Waals surface area contributed by atoms with Gasteiger partial charge >= 0.3 is 6.16 Å². The molecule has 0 aliphatic carbocycles. The summed E-state index contributed by atoms with van der Waals surface area (Å²) in [5, 5.41) is 11.2. The first-order chi connectivity index (χ1) is 11.3. The first-order valence-electron chi connectivity index (χ1n) is 6.68. The molecular formula is C16H9Cl4NO3. The number of carboxylic acid groups (broad SMARTS) is 1. The number of carbonyl (C=O) groups is 1. The van der Waals surface area contributed by atoms with Crippen LogP contribution in [0.25, 0.3) is 10.9 Å². The highest BCUT2D eigenvalue weighted by Gasteiger charge is 2.15. The second kappa shape index (κ2) is 6.73. The predicted octanol–water partition coefficient (Wildman–Crippen LogP) is 6.36. The van der Waals surface area contributed by atoms with Crippen LogP contribution >= 0.6 is 46.4 Å². The molecule has 0 atom stereocenters. The molecule has 1 aromatic heterocycles. The van der Waals surface area contributed by atoms with E-state index in [2.05, 4.69) is 0 Å². The molecule has 24 heavy (non-hydrogen) atoms. The zero-order valence-electron chi connectivity index (χ0n) is 11.9. The topological polar surface area (TPSA) is 51.5 Å². The number of rotatable bonds is 3. The number of halogens is 4. The molecular weight excluding hydrogens is 396 g/mol. The molecule has 0 radical (unpaired) electrons. The van der Waals surface area contributed by atoms with Gasteiger partial charge in [0.15, 0.2) is 0 Å². The summed E-state index contributed by atoms with van der Waals surface area (Å²) in [5.41, 5.74) is 1.51. The Morgan fingerprint density at radius 2 is 1.62 bits per heavy atom. The zero-order valence-corrected chi connectivity index (χ0v) is 14.9. The van der Waals surface area contributed by atoms with E-state index in [9.17, 15) is 4.79 Å². The van der Waals surface area contributed by atoms with E-state index in [-0.39, 0.29) is 5.88 Å². The Labute approximate surface area is 157 Å². The molecule has 0 saturated carbocycles. The molecule has 124 valence electrons. The SMILES string of the molecule is O=C(O)Oc1cc2cc(Cl)c(Cl)cc2n1Cc1ccc(Cl)c(Cl)c1. The molecule has 0 spiro atoms. The van der Waals surface area contributed by atoms with Crippen molar-refractivity contribution >= 4 is 63.5 Å². The van der Waals surface area contributed by atoms with Crippen LogP contribution in [0.4, 0.5) is 4.79 Å². The number of ether oxygens (including phenoxy) is 1. The summed E-state index contributed by atoms with van der Waals surface area (Å²) >= 11 is 24.1. The van der Waals surface area contributed by atoms with Crippen LogP contribution in [-0.4, -0.2) is 15.8 Å². The second-order valence-electron chi connectivity index (χ2n) is 5.01. The van der Waals surface area contributed by atoms with E-state index in [0.29, 0.717) is 37.5 Å². The van der Waals surface area contributed by atoms with E-state index in [1.54, 1.807) is 41.0 Å². The summed E-state index contributed by atoms with van der Waals surface area (Å²) < 4.78 is 6.54. The highest BCUT2D eigenvalue weighted by atomic mass is 35.5. The fourth-order valence-corrected chi connectivity index (χ4v) is 3.04. The van der Waals surface area contributed by atoms with Gasteiger partial charge in [-0.2, -0.15) is 0 Å². The molecule has 0 bridgehead atoms. The fourth-order valence-electron chi connectivity index (χ4n) is 2.39. The van der Waals surface area contributed by atoms with E-state index in [1.807, 2.05) is 0 Å². The van der Waals surface area contributed by atoms with Gasteiger partial charge in [0.1, 0.15) is 0 Å². The normalized spacial score (nSPS) is 11.0. The van der Waals surface area contributed by atoms with Gasteiger partial charge < -0.3 is 14.4 Å². The summed E-state index contributed by atoms with van der Waals surface area (Å²) in [6.07, 6.45) is -1.41. The van der Waals surface area contributed by atoms with E-state index < -0.39 is 6.16 Å². The van der Waals surface area contributed by atoms with Gasteiger partial charge in [0.2, 0.25) is 5.88 Å². The van der Waals surface area contributed by atoms with Crippen molar-refractivity contribution in [2.75, 3.05) is 0 Å². The van der Waals surface area contributed by atoms with Crippen LogP contribution in [0, 0.1) is 0 Å². The maximum absolute atomic E-state index is 11.0. The Kier molecular flexibility index (Phi) is 4.83. The maximum Gasteiger partial charge on any atom is 0.512 e. The van der Waals surface area contributed by atoms with Crippen molar-refractivity contribution < 1.29 is 14.6 Å². The Morgan fingerprint density at radius 3 is 2.29 bits per heavy atom. The van der Waals surface area contributed by atoms with Crippen molar-refractivity contribution in [1.29, 1.82) is 0 Å². The largest absolute Gasteiger partial charge is 0.512 e. The van der Waals surface area contributed by atoms with Crippen molar-refractivity contribution in [3.63, 3.8) is 0 Å². The van der Waals surface area contributed by atoms with Crippen LogP contribution in [0.5, 0.6) is 5.88 Å². The van der Waals surface area contributed by atoms with Crippen molar-refractivity contribution in [1.82, 2.24) is 4.57 Å². The Bertz CT molecular complexity index is 952. The number of hydrogen-bond acceptors (Lipinski definition) is 2. The smallest absolute Gasteiger partial charge is 0.449 e. The van der Waals surface area contributed by atoms with Crippen molar-refractivity contribution in [3.05, 3.63) is 62.1 Å². The summed E-state index contributed by atoms with van der Waals surface area (Å²) in [4.78, 5) is 11.0. The highest BCUT2D eigenvalue weighted by Crippen LogP contribution is 2.34. The highest BCUT2D eigenvalue weighted by molar-refractivity contribution is 6.43. The van der Waals surface area contributed by atoms with Crippen LogP contribution in [0.15, 0.2) is 36.4 Å². The van der Waals surface area contributed by atoms with E-state index >= 15 is 0 Å². The quantitative estimate of drug-likeness (QED) is 0.516. The van der Waals surface area contributed by atoms with Gasteiger partial charge in [0.05, 0.1) is 32.2 Å². The number of aromatic nitrogens is 1. The second-order valence-corrected chi connectivity index (χ2v) is 6.64. The minimum atomic E-state index is -1.41. The van der Waals surface area contributed by atoms with E-state index in [0.717, 1.165) is 5.56 Å². The van der Waals surface area contributed by atoms with Gasteiger partial charge in [-0.3, -0.25) is 0 Å². The van der Waals surface area contributed by atoms with Crippen molar-refractivity contribution in [3.8, 4) is 5.88 Å². The van der Waals surface area contributed by atoms with Gasteiger partial charge in [-0.25, -0.2) is 4.79 Å². The number of benzene rings is 2. The van der Waals surface area contributed by atoms with Crippen LogP contribution in [0.2, 0.25) is 20.1 Å². The third kappa shape index (κ3) is 3.42. The number of nitrogens with zero attached hydrogens (tertiary/aromatic N) is 1. The fraction of sp³-hybridized carbons (Fsp3) is 0.0625. The first kappa shape index (κ1) is 17.2. The Morgan fingerprint density at radius 1 is 0.958 bits per heavy atom. The predicted molar refractivity (Wildman–Crippen MR) is 96.2 cm³/mol. The van der Waals surface area contributed by atoms with Crippen LogP contribution < -0.4 is 4.74 Å². The van der Waals surface area contributed by atoms with Gasteiger partial charge in [0, 0.05) is 11.5 Å². The lowest BCUT2D eigenvalue weighted by Crippen LogP contribution is -2.09. The molecule has 0 amide bonds. The van der Waals surface area contributed by atoms with E-state index in [4.69, 9.17) is 56.2 Å². The standard InChI is InChI=1S/C16H9Cl4NO3/c17-10-2-1-8(3-11(10)18)7-21-14-6-13(20)12(19)4-9(14)5-15(21)24-16(22)23/h1-6H,7H2,(H,22,23). The Hall–Kier alpha value is -1.59. The molecule has 1 heterocycles. The third-order valence-electron chi connectivity index (χ3n) is 3.42. The van der Waals surface area contributed by atoms with E-state index in [1.165, 1.54) is 0 Å². The van der Waals surface area contributed by atoms with Crippen LogP contribution in [0.1, 0.15) is 5.56 Å². The average Bonchev–Trinajstić information content (AvgIpc) is 2.80. The molecule has 0 saturated heterocycles. The lowest BCUT2D eigenvalue weighted by atomic mass is 10.2. The van der Waals surface area contributed by atoms with Crippen LogP contribution in [0.3, 0.4) is 0 Å². The van der Waals surface area contributed by atoms with Crippen LogP contribution in [-0.2, 0) is 6.54 Å². The molecule has 3 aromatic rings. The molecule has 0 aliphatic heterocycles. The Balaban J connectivity index is 2.13. The van der Waals surface area contributed by atoms with Gasteiger partial charge in [-0.15, -0.1) is 0 Å². The summed E-state index contributed by atoms with van der Waals surface area (Å²) in [5.74, 6) is 0.155. The minimum Gasteiger partial charge on any atom is -0.449 e. The zero-order chi connectivity index (χ0) is 17.4. The molecule has 0 fully saturated rings. The summed E-state index contributed by atoms with van der Waals surface area (Å²) in [7, 11) is 0. The molecule has 0 unspecified atom stereocenters. The monoisotopic (exact) mass is 403 g/mol. The summed E-state index contributed by atoms with van der Waals surface area (Å²) in [6, 6.07) is 10.1. The molecule has 1 N–H and O–H groups in total. The first-order valence-corrected chi connectivity index (χ1v) is 8.19. The number of fused-ring (bicyclic) bond motifs is 1.